The number of amidine groups is 1. The Morgan fingerprint density at radius 1 is 1.13 bits per heavy atom. The zero-order chi connectivity index (χ0) is 23.5. The van der Waals surface area contributed by atoms with Gasteiger partial charge in [0.1, 0.15) is 12.7 Å². The number of esters is 3. The van der Waals surface area contributed by atoms with Crippen LogP contribution in [0.3, 0.4) is 0 Å². The summed E-state index contributed by atoms with van der Waals surface area (Å²) in [5, 5.41) is 25.0. The summed E-state index contributed by atoms with van der Waals surface area (Å²) in [6.45, 7) is 2.69. The van der Waals surface area contributed by atoms with Crippen LogP contribution in [0.25, 0.3) is 0 Å². The molecule has 2 aliphatic rings. The number of ketones is 1. The third-order valence-corrected chi connectivity index (χ3v) is 3.97. The van der Waals surface area contributed by atoms with Crippen LogP contribution in [0.2, 0.25) is 0 Å². The van der Waals surface area contributed by atoms with Gasteiger partial charge in [0.15, 0.2) is 18.4 Å². The average molecular weight is 443 g/mol. The van der Waals surface area contributed by atoms with Gasteiger partial charge in [-0.25, -0.2) is 0 Å². The summed E-state index contributed by atoms with van der Waals surface area (Å²) in [6, 6.07) is -2.06. The van der Waals surface area contributed by atoms with E-state index < -0.39 is 77.5 Å². The van der Waals surface area contributed by atoms with Gasteiger partial charge in [-0.3, -0.25) is 24.0 Å². The highest BCUT2D eigenvalue weighted by atomic mass is 16.7. The number of nitrogens with zero attached hydrogens (tertiary/aromatic N) is 4. The van der Waals surface area contributed by atoms with Gasteiger partial charge in [0.2, 0.25) is 6.04 Å². The molecular formula is C15H17N5O11. The van der Waals surface area contributed by atoms with Crippen LogP contribution in [0.4, 0.5) is 0 Å². The Hall–Kier alpha value is -3.82. The SMILES string of the molecule is CC(=O)OCC1OC(N2N=NC(C(=N)[N+](=O)[O-])C(=O)C2=O)C(OC(C)=O)C1OC(C)=O. The molecule has 0 aliphatic carbocycles. The molecule has 0 aromatic carbocycles. The lowest BCUT2D eigenvalue weighted by atomic mass is 10.1. The van der Waals surface area contributed by atoms with Gasteiger partial charge in [-0.05, 0) is 4.92 Å². The number of rotatable bonds is 6. The maximum atomic E-state index is 12.5. The summed E-state index contributed by atoms with van der Waals surface area (Å²) in [7, 11) is 0. The fraction of sp³-hybridized carbons (Fsp3) is 0.600. The predicted molar refractivity (Wildman–Crippen MR) is 91.6 cm³/mol. The van der Waals surface area contributed by atoms with Gasteiger partial charge < -0.3 is 29.1 Å². The van der Waals surface area contributed by atoms with E-state index in [4.69, 9.17) is 24.4 Å². The Kier molecular flexibility index (Phi) is 7.06. The molecule has 5 unspecified atom stereocenters. The highest BCUT2D eigenvalue weighted by Gasteiger charge is 2.56. The van der Waals surface area contributed by atoms with Crippen LogP contribution in [0, 0.1) is 15.5 Å². The summed E-state index contributed by atoms with van der Waals surface area (Å²) < 4.78 is 20.5. The van der Waals surface area contributed by atoms with Crippen LogP contribution in [0.1, 0.15) is 20.8 Å². The van der Waals surface area contributed by atoms with Gasteiger partial charge >= 0.3 is 29.7 Å². The topological polar surface area (TPSA) is 217 Å². The fourth-order valence-corrected chi connectivity index (χ4v) is 2.77. The highest BCUT2D eigenvalue weighted by molar-refractivity contribution is 6.42. The van der Waals surface area contributed by atoms with Crippen molar-refractivity contribution in [3.63, 3.8) is 0 Å². The zero-order valence-electron chi connectivity index (χ0n) is 16.4. The summed E-state index contributed by atoms with van der Waals surface area (Å²) in [5.74, 6) is -6.65. The molecule has 2 aliphatic heterocycles. The highest BCUT2D eigenvalue weighted by Crippen LogP contribution is 2.31. The first kappa shape index (κ1) is 23.5. The van der Waals surface area contributed by atoms with E-state index in [0.717, 1.165) is 20.8 Å². The van der Waals surface area contributed by atoms with Gasteiger partial charge in [-0.15, -0.1) is 5.11 Å². The number of nitro groups is 1. The van der Waals surface area contributed by atoms with E-state index in [-0.39, 0.29) is 0 Å². The standard InChI is InChI=1S/C15H17N5O11/c1-5(21)28-4-8-11(29-6(2)22)12(30-7(3)23)15(31-8)19-14(25)10(24)9(17-18-19)13(16)20(26)27/h8-9,11-12,15-16H,4H2,1-3H3. The molecule has 0 saturated carbocycles. The molecule has 1 amide bonds. The van der Waals surface area contributed by atoms with Crippen molar-refractivity contribution in [1.82, 2.24) is 5.01 Å². The molecule has 168 valence electrons. The van der Waals surface area contributed by atoms with Crippen molar-refractivity contribution < 1.29 is 47.8 Å². The number of carbonyl (C=O) groups is 5. The maximum absolute atomic E-state index is 12.5. The van der Waals surface area contributed by atoms with E-state index in [1.54, 1.807) is 0 Å². The number of hydrogen-bond acceptors (Lipinski definition) is 14. The van der Waals surface area contributed by atoms with Crippen molar-refractivity contribution in [2.24, 2.45) is 10.3 Å². The minimum atomic E-state index is -2.06. The summed E-state index contributed by atoms with van der Waals surface area (Å²) in [6.07, 6.45) is -5.75. The molecule has 2 rings (SSSR count). The summed E-state index contributed by atoms with van der Waals surface area (Å²) in [4.78, 5) is 68.4. The molecule has 16 nitrogen and oxygen atoms in total. The summed E-state index contributed by atoms with van der Waals surface area (Å²) in [5.41, 5.74) is 0. The number of carbonyl (C=O) groups excluding carboxylic acids is 5. The first-order valence-corrected chi connectivity index (χ1v) is 8.58. The molecule has 1 N–H and O–H groups in total. The van der Waals surface area contributed by atoms with E-state index in [2.05, 4.69) is 10.3 Å². The summed E-state index contributed by atoms with van der Waals surface area (Å²) >= 11 is 0. The van der Waals surface area contributed by atoms with Gasteiger partial charge in [-0.2, -0.15) is 5.01 Å². The molecule has 5 atom stereocenters. The molecule has 0 aromatic rings. The van der Waals surface area contributed by atoms with Crippen molar-refractivity contribution in [3.05, 3.63) is 10.1 Å². The van der Waals surface area contributed by atoms with Gasteiger partial charge in [-0.1, -0.05) is 10.6 Å². The minimum absolute atomic E-state index is 0.351. The lowest BCUT2D eigenvalue weighted by Crippen LogP contribution is -2.53. The molecule has 0 bridgehead atoms. The van der Waals surface area contributed by atoms with E-state index in [1.165, 1.54) is 0 Å². The molecule has 1 saturated heterocycles. The lowest BCUT2D eigenvalue weighted by Gasteiger charge is -2.29. The van der Waals surface area contributed by atoms with Crippen molar-refractivity contribution in [2.45, 2.75) is 51.4 Å². The van der Waals surface area contributed by atoms with Crippen molar-refractivity contribution in [2.75, 3.05) is 6.61 Å². The van der Waals surface area contributed by atoms with Crippen LogP contribution in [0.5, 0.6) is 0 Å². The quantitative estimate of drug-likeness (QED) is 0.0950. The predicted octanol–water partition coefficient (Wildman–Crippen LogP) is -1.46. The first-order valence-electron chi connectivity index (χ1n) is 8.58. The van der Waals surface area contributed by atoms with Crippen LogP contribution in [-0.2, 0) is 42.9 Å². The van der Waals surface area contributed by atoms with Crippen LogP contribution >= 0.6 is 0 Å². The number of ether oxygens (including phenoxy) is 4. The Labute approximate surface area is 173 Å². The van der Waals surface area contributed by atoms with E-state index in [0.29, 0.717) is 5.01 Å². The molecule has 0 radical (unpaired) electrons. The largest absolute Gasteiger partial charge is 0.463 e. The Morgan fingerprint density at radius 3 is 2.23 bits per heavy atom. The molecule has 1 fully saturated rings. The first-order chi connectivity index (χ1) is 14.4. The van der Waals surface area contributed by atoms with Crippen LogP contribution in [0.15, 0.2) is 10.3 Å². The number of hydrogen-bond donors (Lipinski definition) is 1. The zero-order valence-corrected chi connectivity index (χ0v) is 16.4. The number of nitrogens with one attached hydrogen (secondary N) is 1. The number of amides is 1. The van der Waals surface area contributed by atoms with E-state index in [9.17, 15) is 34.1 Å². The second-order valence-corrected chi connectivity index (χ2v) is 6.28. The molecule has 16 heteroatoms. The lowest BCUT2D eigenvalue weighted by molar-refractivity contribution is -0.355. The monoisotopic (exact) mass is 443 g/mol. The van der Waals surface area contributed by atoms with Crippen molar-refractivity contribution in [3.8, 4) is 0 Å². The third kappa shape index (κ3) is 5.21. The van der Waals surface area contributed by atoms with Gasteiger partial charge in [0.05, 0.1) is 0 Å². The average Bonchev–Trinajstić information content (AvgIpc) is 2.97. The Bertz CT molecular complexity index is 871. The Balaban J connectivity index is 2.39. The van der Waals surface area contributed by atoms with Crippen molar-refractivity contribution >= 4 is 35.4 Å². The fourth-order valence-electron chi connectivity index (χ4n) is 2.77. The maximum Gasteiger partial charge on any atom is 0.366 e. The Morgan fingerprint density at radius 2 is 1.71 bits per heavy atom. The van der Waals surface area contributed by atoms with Gasteiger partial charge in [0.25, 0.3) is 5.78 Å². The molecule has 0 spiro atoms. The molecule has 31 heavy (non-hydrogen) atoms. The smallest absolute Gasteiger partial charge is 0.366 e. The van der Waals surface area contributed by atoms with E-state index >= 15 is 0 Å². The van der Waals surface area contributed by atoms with Crippen LogP contribution in [-0.4, -0.2) is 82.6 Å². The normalized spacial score (nSPS) is 27.6. The molecular weight excluding hydrogens is 426 g/mol. The molecule has 2 heterocycles. The van der Waals surface area contributed by atoms with Crippen LogP contribution < -0.4 is 0 Å². The second-order valence-electron chi connectivity index (χ2n) is 6.28. The third-order valence-electron chi connectivity index (χ3n) is 3.97. The van der Waals surface area contributed by atoms with E-state index in [1.807, 2.05) is 0 Å². The van der Waals surface area contributed by atoms with Crippen molar-refractivity contribution in [1.29, 1.82) is 5.41 Å². The minimum Gasteiger partial charge on any atom is -0.463 e. The van der Waals surface area contributed by atoms with Gasteiger partial charge in [0, 0.05) is 20.8 Å². The number of Topliss-reactive ketones (excluding diaryl/α,β-unsaturated/α-hetero) is 1. The molecule has 0 aromatic heterocycles. The second kappa shape index (κ2) is 9.33.